The monoisotopic (exact) mass is 322 g/mol. The number of rotatable bonds is 2. The highest BCUT2D eigenvalue weighted by molar-refractivity contribution is 8.03. The molecule has 0 amide bonds. The second-order valence-electron chi connectivity index (χ2n) is 3.07. The number of hydrogen-bond donors (Lipinski definition) is 0. The van der Waals surface area contributed by atoms with Crippen LogP contribution in [0.5, 0.6) is 0 Å². The molecular formula is C10H5Cl3N2S2. The molecule has 0 spiro atoms. The lowest BCUT2D eigenvalue weighted by Crippen LogP contribution is -1.97. The van der Waals surface area contributed by atoms with Gasteiger partial charge in [-0.1, -0.05) is 40.9 Å². The molecule has 2 aromatic heterocycles. The van der Waals surface area contributed by atoms with E-state index in [1.807, 2.05) is 17.5 Å². The summed E-state index contributed by atoms with van der Waals surface area (Å²) in [4.78, 5) is 1.02. The van der Waals surface area contributed by atoms with E-state index < -0.39 is 3.12 Å². The van der Waals surface area contributed by atoms with Gasteiger partial charge in [0.2, 0.25) is 0 Å². The summed E-state index contributed by atoms with van der Waals surface area (Å²) in [6.45, 7) is 0. The van der Waals surface area contributed by atoms with Crippen LogP contribution in [-0.2, 0) is 0 Å². The highest BCUT2D eigenvalue weighted by Gasteiger charge is 2.23. The van der Waals surface area contributed by atoms with Gasteiger partial charge in [0.25, 0.3) is 3.12 Å². The minimum atomic E-state index is -1.45. The molecular weight excluding hydrogens is 319 g/mol. The zero-order valence-corrected chi connectivity index (χ0v) is 12.1. The molecule has 0 bridgehead atoms. The first-order valence-electron chi connectivity index (χ1n) is 4.42. The van der Waals surface area contributed by atoms with Crippen molar-refractivity contribution in [1.29, 1.82) is 5.26 Å². The van der Waals surface area contributed by atoms with Gasteiger partial charge in [-0.3, -0.25) is 3.97 Å². The first-order chi connectivity index (χ1) is 7.99. The Morgan fingerprint density at radius 1 is 1.35 bits per heavy atom. The van der Waals surface area contributed by atoms with Crippen molar-refractivity contribution in [3.63, 3.8) is 0 Å². The summed E-state index contributed by atoms with van der Waals surface area (Å²) < 4.78 is 0.194. The summed E-state index contributed by atoms with van der Waals surface area (Å²) >= 11 is 19.6. The predicted molar refractivity (Wildman–Crippen MR) is 75.7 cm³/mol. The van der Waals surface area contributed by atoms with Crippen LogP contribution in [0.4, 0.5) is 0 Å². The van der Waals surface area contributed by atoms with Crippen molar-refractivity contribution < 1.29 is 0 Å². The van der Waals surface area contributed by atoms with Gasteiger partial charge in [-0.25, -0.2) is 0 Å². The highest BCUT2D eigenvalue weighted by atomic mass is 35.6. The number of alkyl halides is 3. The minimum Gasteiger partial charge on any atom is -0.293 e. The molecule has 2 heterocycles. The highest BCUT2D eigenvalue weighted by Crippen LogP contribution is 2.41. The molecule has 17 heavy (non-hydrogen) atoms. The Kier molecular flexibility index (Phi) is 3.96. The normalized spacial score (nSPS) is 11.4. The SMILES string of the molecule is N#Cc1cn(SC(Cl)(Cl)Cl)cc1-c1cccs1. The molecule has 88 valence electrons. The quantitative estimate of drug-likeness (QED) is 0.734. The molecule has 0 saturated heterocycles. The predicted octanol–water partition coefficient (Wildman–Crippen LogP) is 4.91. The lowest BCUT2D eigenvalue weighted by Gasteiger charge is -2.09. The lowest BCUT2D eigenvalue weighted by atomic mass is 10.2. The molecule has 0 aliphatic carbocycles. The van der Waals surface area contributed by atoms with Crippen LogP contribution in [0.3, 0.4) is 0 Å². The zero-order valence-electron chi connectivity index (χ0n) is 8.23. The fraction of sp³-hybridized carbons (Fsp3) is 0.100. The topological polar surface area (TPSA) is 28.7 Å². The van der Waals surface area contributed by atoms with Crippen molar-refractivity contribution in [3.8, 4) is 16.5 Å². The second-order valence-corrected chi connectivity index (χ2v) is 8.19. The molecule has 2 aromatic rings. The molecule has 0 unspecified atom stereocenters. The second kappa shape index (κ2) is 5.13. The molecule has 0 N–H and O–H groups in total. The molecule has 0 radical (unpaired) electrons. The minimum absolute atomic E-state index is 0.564. The fourth-order valence-corrected chi connectivity index (χ4v) is 3.34. The summed E-state index contributed by atoms with van der Waals surface area (Å²) in [6, 6.07) is 6.01. The van der Waals surface area contributed by atoms with E-state index >= 15 is 0 Å². The molecule has 0 saturated carbocycles. The van der Waals surface area contributed by atoms with Crippen LogP contribution < -0.4 is 0 Å². The maximum absolute atomic E-state index is 9.06. The van der Waals surface area contributed by atoms with Gasteiger partial charge in [0.05, 0.1) is 5.56 Å². The third-order valence-electron chi connectivity index (χ3n) is 1.92. The number of nitrogens with zero attached hydrogens (tertiary/aromatic N) is 2. The third kappa shape index (κ3) is 3.34. The average molecular weight is 324 g/mol. The largest absolute Gasteiger partial charge is 0.293 e. The van der Waals surface area contributed by atoms with Crippen LogP contribution in [0.2, 0.25) is 0 Å². The van der Waals surface area contributed by atoms with Gasteiger partial charge < -0.3 is 0 Å². The number of halogens is 3. The van der Waals surface area contributed by atoms with Crippen molar-refractivity contribution >= 4 is 58.1 Å². The zero-order chi connectivity index (χ0) is 12.5. The van der Waals surface area contributed by atoms with Gasteiger partial charge in [0, 0.05) is 34.8 Å². The van der Waals surface area contributed by atoms with Gasteiger partial charge in [-0.15, -0.1) is 11.3 Å². The van der Waals surface area contributed by atoms with E-state index in [0.717, 1.165) is 22.4 Å². The fourth-order valence-electron chi connectivity index (χ4n) is 1.32. The van der Waals surface area contributed by atoms with Crippen LogP contribution in [-0.4, -0.2) is 7.10 Å². The third-order valence-corrected chi connectivity index (χ3v) is 4.07. The molecule has 7 heteroatoms. The van der Waals surface area contributed by atoms with E-state index in [0.29, 0.717) is 5.56 Å². The molecule has 0 aliphatic rings. The molecule has 2 rings (SSSR count). The van der Waals surface area contributed by atoms with Crippen LogP contribution in [0.25, 0.3) is 10.4 Å². The smallest absolute Gasteiger partial charge is 0.256 e. The summed E-state index contributed by atoms with van der Waals surface area (Å²) in [5.41, 5.74) is 1.42. The molecule has 0 aromatic carbocycles. The first-order valence-corrected chi connectivity index (χ1v) is 7.20. The lowest BCUT2D eigenvalue weighted by molar-refractivity contribution is 1.28. The molecule has 0 fully saturated rings. The molecule has 0 atom stereocenters. The standard InChI is InChI=1S/C10H5Cl3N2S2/c11-10(12,13)17-15-5-7(4-14)8(6-15)9-2-1-3-16-9/h1-3,5-6H. The van der Waals surface area contributed by atoms with Crippen molar-refractivity contribution in [2.75, 3.05) is 0 Å². The Hall–Kier alpha value is -0.310. The van der Waals surface area contributed by atoms with E-state index in [1.165, 1.54) is 0 Å². The maximum atomic E-state index is 9.06. The van der Waals surface area contributed by atoms with Gasteiger partial charge in [0.1, 0.15) is 6.07 Å². The summed E-state index contributed by atoms with van der Waals surface area (Å²) in [7, 11) is 0. The maximum Gasteiger partial charge on any atom is 0.256 e. The van der Waals surface area contributed by atoms with E-state index in [1.54, 1.807) is 27.7 Å². The van der Waals surface area contributed by atoms with E-state index in [2.05, 4.69) is 6.07 Å². The Morgan fingerprint density at radius 2 is 2.12 bits per heavy atom. The Morgan fingerprint density at radius 3 is 2.65 bits per heavy atom. The van der Waals surface area contributed by atoms with Crippen LogP contribution >= 0.6 is 58.1 Å². The van der Waals surface area contributed by atoms with Gasteiger partial charge in [0.15, 0.2) is 0 Å². The molecule has 2 nitrogen and oxygen atoms in total. The van der Waals surface area contributed by atoms with Crippen molar-refractivity contribution in [2.24, 2.45) is 0 Å². The Labute approximate surface area is 122 Å². The van der Waals surface area contributed by atoms with E-state index in [-0.39, 0.29) is 0 Å². The van der Waals surface area contributed by atoms with Gasteiger partial charge >= 0.3 is 0 Å². The van der Waals surface area contributed by atoms with Crippen LogP contribution in [0, 0.1) is 11.3 Å². The summed E-state index contributed by atoms with van der Waals surface area (Å²) in [6.07, 6.45) is 3.44. The summed E-state index contributed by atoms with van der Waals surface area (Å²) in [5.74, 6) is 0. The van der Waals surface area contributed by atoms with Crippen LogP contribution in [0.1, 0.15) is 5.56 Å². The molecule has 0 aliphatic heterocycles. The number of aromatic nitrogens is 1. The van der Waals surface area contributed by atoms with Crippen molar-refractivity contribution in [3.05, 3.63) is 35.5 Å². The summed E-state index contributed by atoms with van der Waals surface area (Å²) in [5, 5.41) is 11.0. The van der Waals surface area contributed by atoms with Crippen molar-refractivity contribution in [2.45, 2.75) is 3.12 Å². The number of thiophene rings is 1. The van der Waals surface area contributed by atoms with Gasteiger partial charge in [-0.2, -0.15) is 5.26 Å². The average Bonchev–Trinajstić information content (AvgIpc) is 2.82. The first kappa shape index (κ1) is 13.1. The van der Waals surface area contributed by atoms with E-state index in [4.69, 9.17) is 40.1 Å². The van der Waals surface area contributed by atoms with Crippen LogP contribution in [0.15, 0.2) is 29.9 Å². The number of nitriles is 1. The Balaban J connectivity index is 2.38. The Bertz CT molecular complexity index is 549. The van der Waals surface area contributed by atoms with Gasteiger partial charge in [-0.05, 0) is 11.4 Å². The van der Waals surface area contributed by atoms with E-state index in [9.17, 15) is 0 Å². The van der Waals surface area contributed by atoms with Crippen molar-refractivity contribution in [1.82, 2.24) is 3.97 Å². The number of hydrogen-bond acceptors (Lipinski definition) is 3.